The van der Waals surface area contributed by atoms with Gasteiger partial charge in [-0.2, -0.15) is 11.8 Å². The molecule has 1 aromatic carbocycles. The Morgan fingerprint density at radius 3 is 2.62 bits per heavy atom. The van der Waals surface area contributed by atoms with E-state index in [4.69, 9.17) is 0 Å². The van der Waals surface area contributed by atoms with Gasteiger partial charge in [-0.3, -0.25) is 0 Å². The Labute approximate surface area is 101 Å². The second-order valence-corrected chi connectivity index (χ2v) is 6.18. The quantitative estimate of drug-likeness (QED) is 0.847. The van der Waals surface area contributed by atoms with Crippen LogP contribution in [0.15, 0.2) is 24.3 Å². The van der Waals surface area contributed by atoms with Gasteiger partial charge in [0.1, 0.15) is 0 Å². The van der Waals surface area contributed by atoms with E-state index in [0.717, 1.165) is 17.9 Å². The number of anilines is 1. The highest BCUT2D eigenvalue weighted by Crippen LogP contribution is 2.36. The first-order valence-corrected chi connectivity index (χ1v) is 6.76. The van der Waals surface area contributed by atoms with Crippen molar-refractivity contribution in [3.05, 3.63) is 29.8 Å². The summed E-state index contributed by atoms with van der Waals surface area (Å²) in [6, 6.07) is 8.36. The van der Waals surface area contributed by atoms with Gasteiger partial charge >= 0.3 is 0 Å². The van der Waals surface area contributed by atoms with Gasteiger partial charge in [0.25, 0.3) is 0 Å². The smallest absolute Gasteiger partial charge is 0.0704 e. The fourth-order valence-electron chi connectivity index (χ4n) is 2.15. The summed E-state index contributed by atoms with van der Waals surface area (Å²) >= 11 is 1.93. The average molecular weight is 237 g/mol. The van der Waals surface area contributed by atoms with Gasteiger partial charge in [0.2, 0.25) is 0 Å². The Morgan fingerprint density at radius 1 is 1.44 bits per heavy atom. The van der Waals surface area contributed by atoms with Crippen LogP contribution in [0.4, 0.5) is 5.69 Å². The molecule has 0 spiro atoms. The predicted molar refractivity (Wildman–Crippen MR) is 71.2 cm³/mol. The van der Waals surface area contributed by atoms with E-state index in [9.17, 15) is 5.11 Å². The zero-order valence-corrected chi connectivity index (χ0v) is 10.7. The highest BCUT2D eigenvalue weighted by molar-refractivity contribution is 8.00. The summed E-state index contributed by atoms with van der Waals surface area (Å²) < 4.78 is 0. The number of aliphatic hydroxyl groups excluding tert-OH is 1. The minimum Gasteiger partial charge on any atom is -0.394 e. The summed E-state index contributed by atoms with van der Waals surface area (Å²) in [6.45, 7) is 4.51. The van der Waals surface area contributed by atoms with Crippen molar-refractivity contribution in [1.82, 2.24) is 0 Å². The molecule has 0 radical (unpaired) electrons. The summed E-state index contributed by atoms with van der Waals surface area (Å²) in [5.41, 5.74) is 2.24. The predicted octanol–water partition coefficient (Wildman–Crippen LogP) is 2.66. The minimum atomic E-state index is -0.126. The van der Waals surface area contributed by atoms with Gasteiger partial charge in [0.05, 0.1) is 12.1 Å². The molecule has 0 aliphatic carbocycles. The number of thioether (sulfide) groups is 1. The van der Waals surface area contributed by atoms with Crippen molar-refractivity contribution in [2.45, 2.75) is 31.1 Å². The summed E-state index contributed by atoms with van der Waals surface area (Å²) in [4.78, 5) is 0. The number of aliphatic hydroxyl groups is 1. The topological polar surface area (TPSA) is 32.3 Å². The van der Waals surface area contributed by atoms with Crippen molar-refractivity contribution in [2.24, 2.45) is 0 Å². The lowest BCUT2D eigenvalue weighted by Crippen LogP contribution is -2.42. The van der Waals surface area contributed by atoms with Crippen molar-refractivity contribution >= 4 is 17.4 Å². The molecule has 2 nitrogen and oxygen atoms in total. The highest BCUT2D eigenvalue weighted by Gasteiger charge is 2.37. The fraction of sp³-hybridized carbons (Fsp3) is 0.538. The Bertz CT molecular complexity index is 351. The van der Waals surface area contributed by atoms with Crippen LogP contribution >= 0.6 is 11.8 Å². The third-order valence-electron chi connectivity index (χ3n) is 3.09. The molecule has 2 N–H and O–H groups in total. The van der Waals surface area contributed by atoms with Crippen molar-refractivity contribution in [1.29, 1.82) is 0 Å². The molecular formula is C13H19NOS. The molecule has 2 rings (SSSR count). The molecule has 1 aliphatic rings. The zero-order valence-electron chi connectivity index (χ0n) is 9.86. The van der Waals surface area contributed by atoms with E-state index in [-0.39, 0.29) is 12.1 Å². The third-order valence-corrected chi connectivity index (χ3v) is 4.54. The Balaban J connectivity index is 2.10. The lowest BCUT2D eigenvalue weighted by atomic mass is 9.97. The molecule has 0 saturated carbocycles. The van der Waals surface area contributed by atoms with E-state index in [1.165, 1.54) is 5.56 Å². The Morgan fingerprint density at radius 2 is 2.12 bits per heavy atom. The number of rotatable bonds is 3. The lowest BCUT2D eigenvalue weighted by Gasteiger charge is -2.29. The van der Waals surface area contributed by atoms with Crippen LogP contribution in [-0.4, -0.2) is 28.3 Å². The number of nitrogens with one attached hydrogen (secondary N) is 1. The van der Waals surface area contributed by atoms with Gasteiger partial charge in [-0.25, -0.2) is 0 Å². The van der Waals surface area contributed by atoms with Gasteiger partial charge in [0, 0.05) is 16.7 Å². The number of benzene rings is 1. The largest absolute Gasteiger partial charge is 0.394 e. The number of aryl methyl sites for hydroxylation is 1. The fourth-order valence-corrected chi connectivity index (χ4v) is 3.47. The Kier molecular flexibility index (Phi) is 3.45. The number of hydrogen-bond donors (Lipinski definition) is 2. The van der Waals surface area contributed by atoms with E-state index in [1.54, 1.807) is 0 Å². The molecule has 2 atom stereocenters. The van der Waals surface area contributed by atoms with Crippen molar-refractivity contribution in [2.75, 3.05) is 17.7 Å². The summed E-state index contributed by atoms with van der Waals surface area (Å²) in [5.74, 6) is 0.985. The maximum Gasteiger partial charge on any atom is 0.0704 e. The molecule has 1 fully saturated rings. The molecule has 0 bridgehead atoms. The van der Waals surface area contributed by atoms with Crippen LogP contribution in [0.2, 0.25) is 0 Å². The monoisotopic (exact) mass is 237 g/mol. The van der Waals surface area contributed by atoms with Crippen LogP contribution in [0.25, 0.3) is 0 Å². The summed E-state index contributed by atoms with van der Waals surface area (Å²) in [5, 5.41) is 13.7. The second-order valence-electron chi connectivity index (χ2n) is 4.76. The molecule has 3 heteroatoms. The van der Waals surface area contributed by atoms with Crippen molar-refractivity contribution < 1.29 is 5.11 Å². The van der Waals surface area contributed by atoms with E-state index < -0.39 is 0 Å². The molecule has 0 amide bonds. The first-order chi connectivity index (χ1) is 7.63. The Hall–Kier alpha value is -0.670. The summed E-state index contributed by atoms with van der Waals surface area (Å²) in [6.07, 6.45) is 1.03. The molecule has 2 unspecified atom stereocenters. The highest BCUT2D eigenvalue weighted by atomic mass is 32.2. The summed E-state index contributed by atoms with van der Waals surface area (Å²) in [7, 11) is 0. The third kappa shape index (κ3) is 2.53. The van der Waals surface area contributed by atoms with Crippen LogP contribution < -0.4 is 5.32 Å². The van der Waals surface area contributed by atoms with E-state index in [2.05, 4.69) is 43.4 Å². The van der Waals surface area contributed by atoms with Crippen LogP contribution in [0.3, 0.4) is 0 Å². The second kappa shape index (κ2) is 4.68. The van der Waals surface area contributed by atoms with Crippen LogP contribution in [0, 0.1) is 6.92 Å². The average Bonchev–Trinajstić information content (AvgIpc) is 2.64. The van der Waals surface area contributed by atoms with Gasteiger partial charge in [-0.15, -0.1) is 0 Å². The van der Waals surface area contributed by atoms with Crippen molar-refractivity contribution in [3.63, 3.8) is 0 Å². The van der Waals surface area contributed by atoms with E-state index in [0.29, 0.717) is 5.25 Å². The van der Waals surface area contributed by atoms with Gasteiger partial charge in [-0.1, -0.05) is 24.6 Å². The first-order valence-electron chi connectivity index (χ1n) is 5.71. The van der Waals surface area contributed by atoms with Gasteiger partial charge in [-0.05, 0) is 25.5 Å². The zero-order chi connectivity index (χ0) is 11.6. The minimum absolute atomic E-state index is 0.126. The lowest BCUT2D eigenvalue weighted by molar-refractivity contribution is 0.223. The van der Waals surface area contributed by atoms with E-state index >= 15 is 0 Å². The van der Waals surface area contributed by atoms with Gasteiger partial charge < -0.3 is 10.4 Å². The van der Waals surface area contributed by atoms with E-state index in [1.807, 2.05) is 11.8 Å². The standard InChI is InChI=1S/C13H19NOS/c1-10-3-5-12(6-4-10)14-13(8-15)7-11(2)16-9-13/h3-6,11,14-15H,7-9H2,1-2H3. The molecule has 1 aliphatic heterocycles. The maximum absolute atomic E-state index is 9.57. The normalized spacial score (nSPS) is 29.3. The molecule has 1 aromatic rings. The molecule has 88 valence electrons. The molecular weight excluding hydrogens is 218 g/mol. The molecule has 0 aromatic heterocycles. The van der Waals surface area contributed by atoms with Crippen LogP contribution in [0.1, 0.15) is 18.9 Å². The van der Waals surface area contributed by atoms with Gasteiger partial charge in [0.15, 0.2) is 0 Å². The number of hydrogen-bond acceptors (Lipinski definition) is 3. The first kappa shape index (κ1) is 11.8. The SMILES string of the molecule is Cc1ccc(NC2(CO)CSC(C)C2)cc1. The molecule has 1 heterocycles. The molecule has 16 heavy (non-hydrogen) atoms. The van der Waals surface area contributed by atoms with Crippen LogP contribution in [0.5, 0.6) is 0 Å². The van der Waals surface area contributed by atoms with Crippen molar-refractivity contribution in [3.8, 4) is 0 Å². The maximum atomic E-state index is 9.57. The van der Waals surface area contributed by atoms with Crippen LogP contribution in [-0.2, 0) is 0 Å². The molecule has 1 saturated heterocycles.